The second-order valence-corrected chi connectivity index (χ2v) is 9.85. The summed E-state index contributed by atoms with van der Waals surface area (Å²) in [5.74, 6) is 3.30. The minimum Gasteiger partial charge on any atom is -0.350 e. The monoisotopic (exact) mass is 402 g/mol. The first-order valence-corrected chi connectivity index (χ1v) is 10.9. The number of anilines is 2. The van der Waals surface area contributed by atoms with Crippen LogP contribution in [0.25, 0.3) is 0 Å². The second kappa shape index (κ2) is 6.74. The minimum absolute atomic E-state index is 0.0656. The number of carbonyl (C=O) groups excluding carboxylic acids is 1. The zero-order valence-corrected chi connectivity index (χ0v) is 16.7. The third-order valence-electron chi connectivity index (χ3n) is 6.30. The highest BCUT2D eigenvalue weighted by Crippen LogP contribution is 2.55. The fourth-order valence-corrected chi connectivity index (χ4v) is 6.60. The molecule has 1 amide bonds. The summed E-state index contributed by atoms with van der Waals surface area (Å²) in [6, 6.07) is 3.59. The van der Waals surface area contributed by atoms with Crippen LogP contribution in [0.3, 0.4) is 0 Å². The van der Waals surface area contributed by atoms with Crippen molar-refractivity contribution in [3.8, 4) is 0 Å². The lowest BCUT2D eigenvalue weighted by molar-refractivity contribution is -0.126. The molecule has 4 aliphatic rings. The Morgan fingerprint density at radius 3 is 2.52 bits per heavy atom. The Hall–Kier alpha value is -1.66. The summed E-state index contributed by atoms with van der Waals surface area (Å²) < 4.78 is 0. The number of rotatable bonds is 5. The number of halogens is 1. The molecule has 5 nitrogen and oxygen atoms in total. The van der Waals surface area contributed by atoms with Crippen LogP contribution in [0.5, 0.6) is 0 Å². The predicted molar refractivity (Wildman–Crippen MR) is 107 cm³/mol. The Bertz CT molecular complexity index is 815. The first kappa shape index (κ1) is 17.4. The lowest BCUT2D eigenvalue weighted by atomic mass is 9.53. The summed E-state index contributed by atoms with van der Waals surface area (Å²) in [6.45, 7) is 0. The second-order valence-electron chi connectivity index (χ2n) is 8.55. The quantitative estimate of drug-likeness (QED) is 0.769. The maximum Gasteiger partial charge on any atom is 0.226 e. The van der Waals surface area contributed by atoms with Gasteiger partial charge in [-0.25, -0.2) is 9.97 Å². The van der Waals surface area contributed by atoms with Crippen LogP contribution < -0.4 is 10.6 Å². The highest BCUT2D eigenvalue weighted by molar-refractivity contribution is 7.13. The maximum absolute atomic E-state index is 12.7. The zero-order valence-electron chi connectivity index (χ0n) is 15.1. The average Bonchev–Trinajstić information content (AvgIpc) is 3.02. The van der Waals surface area contributed by atoms with Crippen LogP contribution in [0, 0.1) is 17.8 Å². The van der Waals surface area contributed by atoms with E-state index in [2.05, 4.69) is 20.6 Å². The van der Waals surface area contributed by atoms with Crippen LogP contribution in [-0.4, -0.2) is 21.4 Å². The molecule has 2 aromatic rings. The number of pyridine rings is 1. The van der Waals surface area contributed by atoms with Gasteiger partial charge < -0.3 is 10.6 Å². The van der Waals surface area contributed by atoms with Crippen molar-refractivity contribution >= 4 is 39.8 Å². The molecule has 0 aliphatic heterocycles. The van der Waals surface area contributed by atoms with Crippen LogP contribution in [0.1, 0.15) is 44.2 Å². The summed E-state index contributed by atoms with van der Waals surface area (Å²) in [7, 11) is 0. The van der Waals surface area contributed by atoms with Crippen LogP contribution >= 0.6 is 22.9 Å². The molecule has 4 saturated carbocycles. The van der Waals surface area contributed by atoms with Crippen molar-refractivity contribution in [3.05, 3.63) is 34.4 Å². The van der Waals surface area contributed by atoms with E-state index in [1.54, 1.807) is 12.3 Å². The average molecular weight is 403 g/mol. The van der Waals surface area contributed by atoms with Gasteiger partial charge in [-0.2, -0.15) is 0 Å². The predicted octanol–water partition coefficient (Wildman–Crippen LogP) is 4.56. The van der Waals surface area contributed by atoms with E-state index in [1.807, 2.05) is 11.4 Å². The molecule has 0 saturated heterocycles. The number of nitrogens with zero attached hydrogens (tertiary/aromatic N) is 2. The summed E-state index contributed by atoms with van der Waals surface area (Å²) in [5, 5.41) is 9.85. The fourth-order valence-electron chi connectivity index (χ4n) is 5.77. The van der Waals surface area contributed by atoms with E-state index in [9.17, 15) is 4.79 Å². The molecule has 2 aromatic heterocycles. The molecule has 0 aromatic carbocycles. The summed E-state index contributed by atoms with van der Waals surface area (Å²) in [5.41, 5.74) is 0.870. The van der Waals surface area contributed by atoms with Crippen LogP contribution in [-0.2, 0) is 11.2 Å². The van der Waals surface area contributed by atoms with Gasteiger partial charge in [-0.1, -0.05) is 11.6 Å². The van der Waals surface area contributed by atoms with E-state index >= 15 is 0 Å². The number of hydrogen-bond donors (Lipinski definition) is 2. The number of thiazole rings is 1. The van der Waals surface area contributed by atoms with Crippen LogP contribution in [0.15, 0.2) is 23.7 Å². The van der Waals surface area contributed by atoms with Crippen molar-refractivity contribution in [3.63, 3.8) is 0 Å². The third-order valence-corrected chi connectivity index (χ3v) is 7.33. The molecule has 142 valence electrons. The normalized spacial score (nSPS) is 31.1. The molecule has 0 unspecified atom stereocenters. The van der Waals surface area contributed by atoms with Gasteiger partial charge in [0.05, 0.1) is 17.1 Å². The fraction of sp³-hybridized carbons (Fsp3) is 0.550. The topological polar surface area (TPSA) is 66.9 Å². The van der Waals surface area contributed by atoms with E-state index in [1.165, 1.54) is 49.9 Å². The van der Waals surface area contributed by atoms with Crippen molar-refractivity contribution in [2.75, 3.05) is 5.32 Å². The SMILES string of the molecule is O=C(Cc1csc(Nc2ccc(Cl)cn2)n1)NC12CC3CC(CC(C3)C1)C2. The molecule has 0 atom stereocenters. The molecular formula is C20H23ClN4OS. The molecule has 27 heavy (non-hydrogen) atoms. The Labute approximate surface area is 167 Å². The van der Waals surface area contributed by atoms with Gasteiger partial charge >= 0.3 is 0 Å². The third kappa shape index (κ3) is 3.69. The first-order chi connectivity index (χ1) is 13.1. The van der Waals surface area contributed by atoms with Gasteiger partial charge in [-0.15, -0.1) is 11.3 Å². The zero-order chi connectivity index (χ0) is 18.4. The van der Waals surface area contributed by atoms with Gasteiger partial charge in [0.1, 0.15) is 5.82 Å². The molecule has 7 heteroatoms. The van der Waals surface area contributed by atoms with Crippen molar-refractivity contribution in [1.29, 1.82) is 0 Å². The number of aromatic nitrogens is 2. The molecule has 0 radical (unpaired) electrons. The highest BCUT2D eigenvalue weighted by atomic mass is 35.5. The Balaban J connectivity index is 1.20. The Morgan fingerprint density at radius 2 is 1.89 bits per heavy atom. The molecular weight excluding hydrogens is 380 g/mol. The van der Waals surface area contributed by atoms with Gasteiger partial charge in [-0.3, -0.25) is 4.79 Å². The van der Waals surface area contributed by atoms with E-state index in [0.29, 0.717) is 17.3 Å². The Morgan fingerprint density at radius 1 is 1.19 bits per heavy atom. The number of hydrogen-bond acceptors (Lipinski definition) is 5. The van der Waals surface area contributed by atoms with E-state index in [4.69, 9.17) is 11.6 Å². The lowest BCUT2D eigenvalue weighted by Gasteiger charge is -2.56. The number of amides is 1. The summed E-state index contributed by atoms with van der Waals surface area (Å²) in [4.78, 5) is 21.5. The molecule has 6 rings (SSSR count). The highest BCUT2D eigenvalue weighted by Gasteiger charge is 2.51. The van der Waals surface area contributed by atoms with Crippen molar-refractivity contribution in [2.45, 2.75) is 50.5 Å². The standard InChI is InChI=1S/C20H23ClN4OS/c21-15-1-2-17(22-10-15)24-19-23-16(11-27-19)6-18(26)25-20-7-12-3-13(8-20)5-14(4-12)9-20/h1-2,10-14H,3-9H2,(H,25,26)(H,22,23,24). The van der Waals surface area contributed by atoms with Gasteiger partial charge in [0.15, 0.2) is 5.13 Å². The summed E-state index contributed by atoms with van der Waals surface area (Å²) in [6.07, 6.45) is 9.62. The molecule has 0 spiro atoms. The number of carbonyl (C=O) groups is 1. The maximum atomic E-state index is 12.7. The van der Waals surface area contributed by atoms with Gasteiger partial charge in [0.25, 0.3) is 0 Å². The van der Waals surface area contributed by atoms with Crippen molar-refractivity contribution in [2.24, 2.45) is 17.8 Å². The van der Waals surface area contributed by atoms with E-state index in [0.717, 1.165) is 28.6 Å². The smallest absolute Gasteiger partial charge is 0.226 e. The summed E-state index contributed by atoms with van der Waals surface area (Å²) >= 11 is 7.34. The van der Waals surface area contributed by atoms with Gasteiger partial charge in [-0.05, 0) is 68.4 Å². The van der Waals surface area contributed by atoms with Gasteiger partial charge in [0, 0.05) is 17.1 Å². The Kier molecular flexibility index (Phi) is 4.36. The van der Waals surface area contributed by atoms with Crippen LogP contribution in [0.4, 0.5) is 10.9 Å². The number of nitrogens with one attached hydrogen (secondary N) is 2. The first-order valence-electron chi connectivity index (χ1n) is 9.69. The van der Waals surface area contributed by atoms with E-state index in [-0.39, 0.29) is 11.4 Å². The minimum atomic E-state index is 0.0656. The molecule has 4 bridgehead atoms. The lowest BCUT2D eigenvalue weighted by Crippen LogP contribution is -2.60. The molecule has 4 aliphatic carbocycles. The molecule has 2 heterocycles. The van der Waals surface area contributed by atoms with E-state index < -0.39 is 0 Å². The molecule has 2 N–H and O–H groups in total. The largest absolute Gasteiger partial charge is 0.350 e. The molecule has 4 fully saturated rings. The van der Waals surface area contributed by atoms with Crippen LogP contribution in [0.2, 0.25) is 5.02 Å². The van der Waals surface area contributed by atoms with Gasteiger partial charge in [0.2, 0.25) is 5.91 Å². The van der Waals surface area contributed by atoms with Crippen molar-refractivity contribution in [1.82, 2.24) is 15.3 Å². The van der Waals surface area contributed by atoms with Crippen molar-refractivity contribution < 1.29 is 4.79 Å².